The van der Waals surface area contributed by atoms with Crippen LogP contribution in [0.15, 0.2) is 0 Å². The number of carbonyl (C=O) groups is 1. The second kappa shape index (κ2) is 3.66. The number of aliphatic carboxylic acids is 1. The number of carboxylic acid groups (broad SMARTS) is 1. The minimum absolute atomic E-state index is 0.166. The predicted octanol–water partition coefficient (Wildman–Crippen LogP) is -1.43. The molecule has 0 fully saturated rings. The third kappa shape index (κ3) is 2.83. The fraction of sp³-hybridized carbons (Fsp3) is 0.833. The number of aliphatic hydroxyl groups excluding tert-OH is 2. The van der Waals surface area contributed by atoms with Crippen molar-refractivity contribution in [3.63, 3.8) is 0 Å². The van der Waals surface area contributed by atoms with Crippen LogP contribution >= 0.6 is 0 Å². The van der Waals surface area contributed by atoms with Gasteiger partial charge in [0.25, 0.3) is 0 Å². The van der Waals surface area contributed by atoms with E-state index in [4.69, 9.17) is 20.4 Å². The van der Waals surface area contributed by atoms with Crippen LogP contribution in [0.25, 0.3) is 0 Å². The van der Waals surface area contributed by atoms with Crippen LogP contribution in [0.1, 0.15) is 13.3 Å². The van der Waals surface area contributed by atoms with Crippen LogP contribution in [0.2, 0.25) is 0 Å². The smallest absolute Gasteiger partial charge is 0.335 e. The maximum Gasteiger partial charge on any atom is 0.335 e. The summed E-state index contributed by atoms with van der Waals surface area (Å²) < 4.78 is 0. The lowest BCUT2D eigenvalue weighted by Gasteiger charge is -2.24. The zero-order chi connectivity index (χ0) is 9.07. The SMILES string of the molecule is C[C@@](O)(CCO)C(O)C(=O)O. The van der Waals surface area contributed by atoms with Crippen molar-refractivity contribution in [1.29, 1.82) is 0 Å². The van der Waals surface area contributed by atoms with E-state index in [1.54, 1.807) is 0 Å². The lowest BCUT2D eigenvalue weighted by molar-refractivity contribution is -0.162. The summed E-state index contributed by atoms with van der Waals surface area (Å²) in [5.41, 5.74) is -1.76. The summed E-state index contributed by atoms with van der Waals surface area (Å²) in [5, 5.41) is 34.6. The lowest BCUT2D eigenvalue weighted by atomic mass is 9.96. The number of aliphatic hydroxyl groups is 3. The van der Waals surface area contributed by atoms with Gasteiger partial charge in [-0.3, -0.25) is 0 Å². The normalized spacial score (nSPS) is 18.9. The second-order valence-corrected chi connectivity index (χ2v) is 2.57. The Morgan fingerprint density at radius 2 is 2.09 bits per heavy atom. The Balaban J connectivity index is 4.16. The molecular formula is C6H12O5. The van der Waals surface area contributed by atoms with E-state index in [0.717, 1.165) is 6.92 Å². The Morgan fingerprint density at radius 3 is 2.36 bits per heavy atom. The first kappa shape index (κ1) is 10.3. The van der Waals surface area contributed by atoms with E-state index in [0.29, 0.717) is 0 Å². The summed E-state index contributed by atoms with van der Waals surface area (Å²) in [4.78, 5) is 10.1. The molecule has 0 heterocycles. The average molecular weight is 164 g/mol. The van der Waals surface area contributed by atoms with Gasteiger partial charge < -0.3 is 20.4 Å². The van der Waals surface area contributed by atoms with Crippen LogP contribution in [0.3, 0.4) is 0 Å². The number of carboxylic acids is 1. The van der Waals surface area contributed by atoms with Crippen molar-refractivity contribution in [3.05, 3.63) is 0 Å². The molecule has 0 saturated carbocycles. The molecule has 66 valence electrons. The molecule has 2 atom stereocenters. The third-order valence-electron chi connectivity index (χ3n) is 1.44. The van der Waals surface area contributed by atoms with Gasteiger partial charge in [-0.1, -0.05) is 0 Å². The van der Waals surface area contributed by atoms with Crippen molar-refractivity contribution in [1.82, 2.24) is 0 Å². The molecule has 0 rings (SSSR count). The van der Waals surface area contributed by atoms with Crippen molar-refractivity contribution in [2.24, 2.45) is 0 Å². The zero-order valence-electron chi connectivity index (χ0n) is 6.19. The van der Waals surface area contributed by atoms with Crippen LogP contribution in [0.5, 0.6) is 0 Å². The van der Waals surface area contributed by atoms with Gasteiger partial charge in [0.2, 0.25) is 0 Å². The van der Waals surface area contributed by atoms with Crippen molar-refractivity contribution in [3.8, 4) is 0 Å². The summed E-state index contributed by atoms with van der Waals surface area (Å²) >= 11 is 0. The molecule has 1 unspecified atom stereocenters. The Morgan fingerprint density at radius 1 is 1.64 bits per heavy atom. The van der Waals surface area contributed by atoms with Gasteiger partial charge in [-0.25, -0.2) is 4.79 Å². The van der Waals surface area contributed by atoms with Crippen molar-refractivity contribution in [2.45, 2.75) is 25.0 Å². The van der Waals surface area contributed by atoms with Crippen LogP contribution in [0, 0.1) is 0 Å². The first-order valence-corrected chi connectivity index (χ1v) is 3.16. The zero-order valence-corrected chi connectivity index (χ0v) is 6.19. The summed E-state index contributed by atoms with van der Waals surface area (Å²) in [6, 6.07) is 0. The van der Waals surface area contributed by atoms with E-state index in [-0.39, 0.29) is 13.0 Å². The first-order valence-electron chi connectivity index (χ1n) is 3.16. The molecule has 0 aromatic rings. The maximum absolute atomic E-state index is 10.1. The Kier molecular flexibility index (Phi) is 3.44. The van der Waals surface area contributed by atoms with E-state index in [1.807, 2.05) is 0 Å². The molecule has 5 nitrogen and oxygen atoms in total. The third-order valence-corrected chi connectivity index (χ3v) is 1.44. The molecule has 4 N–H and O–H groups in total. The minimum Gasteiger partial charge on any atom is -0.479 e. The molecule has 11 heavy (non-hydrogen) atoms. The lowest BCUT2D eigenvalue weighted by Crippen LogP contribution is -2.45. The fourth-order valence-electron chi connectivity index (χ4n) is 0.629. The molecule has 0 aliphatic rings. The van der Waals surface area contributed by atoms with E-state index in [2.05, 4.69) is 0 Å². The minimum atomic E-state index is -1.85. The summed E-state index contributed by atoms with van der Waals surface area (Å²) in [7, 11) is 0. The van der Waals surface area contributed by atoms with Gasteiger partial charge in [0.15, 0.2) is 6.10 Å². The molecule has 0 aliphatic heterocycles. The van der Waals surface area contributed by atoms with E-state index >= 15 is 0 Å². The van der Waals surface area contributed by atoms with Gasteiger partial charge in [0.1, 0.15) is 5.60 Å². The highest BCUT2D eigenvalue weighted by Gasteiger charge is 2.35. The van der Waals surface area contributed by atoms with E-state index in [9.17, 15) is 4.79 Å². The average Bonchev–Trinajstić information content (AvgIpc) is 1.86. The van der Waals surface area contributed by atoms with Gasteiger partial charge in [-0.2, -0.15) is 0 Å². The quantitative estimate of drug-likeness (QED) is 0.408. The number of hydrogen-bond acceptors (Lipinski definition) is 4. The molecule has 0 aliphatic carbocycles. The molecule has 0 aromatic carbocycles. The fourth-order valence-corrected chi connectivity index (χ4v) is 0.629. The highest BCUT2D eigenvalue weighted by molar-refractivity contribution is 5.73. The molecule has 0 aromatic heterocycles. The topological polar surface area (TPSA) is 98.0 Å². The van der Waals surface area contributed by atoms with Gasteiger partial charge in [0.05, 0.1) is 0 Å². The van der Waals surface area contributed by atoms with Crippen molar-refractivity contribution >= 4 is 5.97 Å². The Labute approximate surface area is 63.9 Å². The predicted molar refractivity (Wildman–Crippen MR) is 36.0 cm³/mol. The largest absolute Gasteiger partial charge is 0.479 e. The van der Waals surface area contributed by atoms with Crippen molar-refractivity contribution in [2.75, 3.05) is 6.61 Å². The van der Waals surface area contributed by atoms with Crippen LogP contribution in [-0.4, -0.2) is 44.7 Å². The van der Waals surface area contributed by atoms with Gasteiger partial charge in [-0.05, 0) is 6.92 Å². The molecular weight excluding hydrogens is 152 g/mol. The summed E-state index contributed by atoms with van der Waals surface area (Å²) in [5.74, 6) is -1.50. The molecule has 5 heteroatoms. The van der Waals surface area contributed by atoms with Gasteiger partial charge in [-0.15, -0.1) is 0 Å². The van der Waals surface area contributed by atoms with Crippen LogP contribution < -0.4 is 0 Å². The highest BCUT2D eigenvalue weighted by atomic mass is 16.4. The number of hydrogen-bond donors (Lipinski definition) is 4. The Bertz CT molecular complexity index is 142. The molecule has 0 saturated heterocycles. The monoisotopic (exact) mass is 164 g/mol. The van der Waals surface area contributed by atoms with Crippen LogP contribution in [0.4, 0.5) is 0 Å². The number of rotatable bonds is 4. The van der Waals surface area contributed by atoms with Crippen molar-refractivity contribution < 1.29 is 25.2 Å². The molecule has 0 amide bonds. The van der Waals surface area contributed by atoms with Gasteiger partial charge in [0, 0.05) is 13.0 Å². The van der Waals surface area contributed by atoms with E-state index < -0.39 is 17.7 Å². The summed E-state index contributed by atoms with van der Waals surface area (Å²) in [6.07, 6.45) is -2.02. The summed E-state index contributed by atoms with van der Waals surface area (Å²) in [6.45, 7) is 0.791. The molecule has 0 spiro atoms. The Hall–Kier alpha value is -0.650. The van der Waals surface area contributed by atoms with Crippen LogP contribution in [-0.2, 0) is 4.79 Å². The molecule has 0 bridgehead atoms. The maximum atomic E-state index is 10.1. The first-order chi connectivity index (χ1) is 4.91. The highest BCUT2D eigenvalue weighted by Crippen LogP contribution is 2.14. The van der Waals surface area contributed by atoms with E-state index in [1.165, 1.54) is 0 Å². The molecule has 0 radical (unpaired) electrons. The van der Waals surface area contributed by atoms with Gasteiger partial charge >= 0.3 is 5.97 Å². The standard InChI is InChI=1S/C6H12O5/c1-6(11,2-3-7)4(8)5(9)10/h4,7-8,11H,2-3H2,1H3,(H,9,10)/t4?,6-/m1/s1. The second-order valence-electron chi connectivity index (χ2n) is 2.57.